The third kappa shape index (κ3) is 50.4. The Bertz CT molecular complexity index is 31.0. The first-order valence-electron chi connectivity index (χ1n) is 1.93. The molecular formula is C3H8Cl3NW-. The van der Waals surface area contributed by atoms with E-state index < -0.39 is 14.2 Å². The number of nitrogens with zero attached hydrogens (tertiary/aromatic N) is 1. The molecule has 0 atom stereocenters. The van der Waals surface area contributed by atoms with Crippen LogP contribution in [0.15, 0.2) is 0 Å². The summed E-state index contributed by atoms with van der Waals surface area (Å²) in [6.07, 6.45) is 0. The normalized spacial score (nSPS) is 8.25. The van der Waals surface area contributed by atoms with Gasteiger partial charge in [0.05, 0.1) is 0 Å². The van der Waals surface area contributed by atoms with E-state index in [1.165, 1.54) is 0 Å². The molecule has 8 heavy (non-hydrogen) atoms. The van der Waals surface area contributed by atoms with Gasteiger partial charge in [0, 0.05) is 0 Å². The second kappa shape index (κ2) is 11.3. The summed E-state index contributed by atoms with van der Waals surface area (Å²) in [5.41, 5.74) is 0. The molecule has 0 aromatic rings. The molecule has 0 aromatic heterocycles. The molecule has 0 radical (unpaired) electrons. The van der Waals surface area contributed by atoms with Gasteiger partial charge in [0.1, 0.15) is 0 Å². The molecular weight excluding hydrogens is 340 g/mol. The molecule has 0 aliphatic carbocycles. The van der Waals surface area contributed by atoms with Crippen molar-refractivity contribution in [2.24, 2.45) is 0 Å². The fourth-order valence-electron chi connectivity index (χ4n) is 0. The first-order chi connectivity index (χ1) is 3.65. The number of rotatable bonds is 1. The molecule has 0 bridgehead atoms. The fraction of sp³-hybridized carbons (Fsp3) is 1.00. The van der Waals surface area contributed by atoms with Gasteiger partial charge in [0.2, 0.25) is 0 Å². The van der Waals surface area contributed by atoms with E-state index in [4.69, 9.17) is 28.3 Å². The third-order valence-electron chi connectivity index (χ3n) is 0.316. The van der Waals surface area contributed by atoms with E-state index in [0.717, 1.165) is 6.54 Å². The monoisotopic (exact) mass is 347 g/mol. The second-order valence-corrected chi connectivity index (χ2v) is 13.5. The molecule has 53 valence electrons. The van der Waals surface area contributed by atoms with Gasteiger partial charge >= 0.3 is 42.4 Å². The molecule has 0 spiro atoms. The van der Waals surface area contributed by atoms with Crippen molar-refractivity contribution in [3.63, 3.8) is 0 Å². The molecule has 0 aliphatic heterocycles. The van der Waals surface area contributed by atoms with Crippen LogP contribution in [0, 0.1) is 0 Å². The molecule has 0 unspecified atom stereocenters. The molecule has 0 N–H and O–H groups in total. The van der Waals surface area contributed by atoms with E-state index in [2.05, 4.69) is 5.32 Å². The predicted molar refractivity (Wildman–Crippen MR) is 37.4 cm³/mol. The molecule has 0 saturated carbocycles. The van der Waals surface area contributed by atoms with Crippen LogP contribution in [0.1, 0.15) is 6.92 Å². The first-order valence-corrected chi connectivity index (χ1v) is 12.8. The van der Waals surface area contributed by atoms with Gasteiger partial charge in [0.15, 0.2) is 0 Å². The van der Waals surface area contributed by atoms with Crippen molar-refractivity contribution in [1.82, 2.24) is 0 Å². The van der Waals surface area contributed by atoms with Crippen LogP contribution in [-0.4, -0.2) is 13.6 Å². The summed E-state index contributed by atoms with van der Waals surface area (Å²) in [6.45, 7) is 2.96. The van der Waals surface area contributed by atoms with Crippen LogP contribution in [0.2, 0.25) is 0 Å². The Labute approximate surface area is 68.0 Å². The number of hydrogen-bond donors (Lipinski definition) is 0. The van der Waals surface area contributed by atoms with Crippen molar-refractivity contribution in [1.29, 1.82) is 0 Å². The zero-order valence-corrected chi connectivity index (χ0v) is 9.90. The minimum absolute atomic E-state index is 0.944. The Hall–Kier alpha value is 1.52. The van der Waals surface area contributed by atoms with Crippen LogP contribution in [0.25, 0.3) is 5.32 Å². The molecule has 0 heterocycles. The van der Waals surface area contributed by atoms with E-state index in [-0.39, 0.29) is 0 Å². The zero-order chi connectivity index (χ0) is 6.99. The Morgan fingerprint density at radius 2 is 1.50 bits per heavy atom. The van der Waals surface area contributed by atoms with Gasteiger partial charge in [-0.2, -0.15) is 13.6 Å². The maximum atomic E-state index is 5.00. The zero-order valence-electron chi connectivity index (χ0n) is 4.70. The number of hydrogen-bond acceptors (Lipinski definition) is 0. The van der Waals surface area contributed by atoms with Crippen molar-refractivity contribution < 1.29 is 14.2 Å². The van der Waals surface area contributed by atoms with E-state index in [0.29, 0.717) is 0 Å². The van der Waals surface area contributed by atoms with Gasteiger partial charge in [-0.3, -0.25) is 0 Å². The van der Waals surface area contributed by atoms with Crippen molar-refractivity contribution in [3.8, 4) is 0 Å². The van der Waals surface area contributed by atoms with Crippen LogP contribution >= 0.6 is 28.3 Å². The van der Waals surface area contributed by atoms with Crippen molar-refractivity contribution in [2.75, 3.05) is 13.6 Å². The summed E-state index contributed by atoms with van der Waals surface area (Å²) in [7, 11) is 16.8. The van der Waals surface area contributed by atoms with Gasteiger partial charge in [-0.1, -0.05) is 6.92 Å². The number of halogens is 3. The van der Waals surface area contributed by atoms with Crippen LogP contribution in [0.4, 0.5) is 0 Å². The molecule has 0 amide bonds. The van der Waals surface area contributed by atoms with Gasteiger partial charge in [-0.05, 0) is 0 Å². The van der Waals surface area contributed by atoms with Gasteiger partial charge in [-0.25, -0.2) is 0 Å². The van der Waals surface area contributed by atoms with Crippen molar-refractivity contribution >= 4 is 28.3 Å². The summed E-state index contributed by atoms with van der Waals surface area (Å²) < 4.78 is 0. The van der Waals surface area contributed by atoms with Crippen LogP contribution < -0.4 is 0 Å². The van der Waals surface area contributed by atoms with Crippen LogP contribution in [0.3, 0.4) is 0 Å². The van der Waals surface area contributed by atoms with E-state index in [1.54, 1.807) is 7.05 Å². The Morgan fingerprint density at radius 1 is 1.38 bits per heavy atom. The van der Waals surface area contributed by atoms with E-state index in [1.807, 2.05) is 6.92 Å². The molecule has 0 aromatic carbocycles. The van der Waals surface area contributed by atoms with Gasteiger partial charge in [-0.15, -0.1) is 0 Å². The Balaban J connectivity index is 0. The summed E-state index contributed by atoms with van der Waals surface area (Å²) in [4.78, 5) is 0. The third-order valence-corrected chi connectivity index (χ3v) is 0.316. The summed E-state index contributed by atoms with van der Waals surface area (Å²) in [5.74, 6) is 0. The fourth-order valence-corrected chi connectivity index (χ4v) is 0. The molecule has 0 aliphatic rings. The second-order valence-electron chi connectivity index (χ2n) is 0.807. The topological polar surface area (TPSA) is 14.1 Å². The molecule has 1 nitrogen and oxygen atoms in total. The van der Waals surface area contributed by atoms with Gasteiger partial charge < -0.3 is 5.32 Å². The molecule has 5 heteroatoms. The van der Waals surface area contributed by atoms with E-state index in [9.17, 15) is 0 Å². The quantitative estimate of drug-likeness (QED) is 0.692. The molecule has 0 saturated heterocycles. The molecule has 0 fully saturated rings. The maximum absolute atomic E-state index is 5.00. The first kappa shape index (κ1) is 12.2. The SMILES string of the molecule is CC[N-]C.[Cl][W]([Cl])[Cl]. The summed E-state index contributed by atoms with van der Waals surface area (Å²) in [6, 6.07) is 0. The average Bonchev–Trinajstić information content (AvgIpc) is 1.65. The minimum atomic E-state index is -2.11. The molecule has 0 rings (SSSR count). The predicted octanol–water partition coefficient (Wildman–Crippen LogP) is 3.08. The van der Waals surface area contributed by atoms with Gasteiger partial charge in [0.25, 0.3) is 0 Å². The standard InChI is InChI=1S/C3H8N.3ClH.W/c1-3-4-2;;;;/h3H2,1-2H3;3*1H;/q-1;;;;+3/p-3. The van der Waals surface area contributed by atoms with Crippen molar-refractivity contribution in [2.45, 2.75) is 6.92 Å². The van der Waals surface area contributed by atoms with Crippen molar-refractivity contribution in [3.05, 3.63) is 5.32 Å². The summed E-state index contributed by atoms with van der Waals surface area (Å²) in [5, 5.41) is 3.74. The Morgan fingerprint density at radius 3 is 1.50 bits per heavy atom. The van der Waals surface area contributed by atoms with E-state index >= 15 is 0 Å². The van der Waals surface area contributed by atoms with Crippen LogP contribution in [-0.2, 0) is 14.2 Å². The summed E-state index contributed by atoms with van der Waals surface area (Å²) >= 11 is -2.11. The van der Waals surface area contributed by atoms with Crippen LogP contribution in [0.5, 0.6) is 0 Å². The Kier molecular flexibility index (Phi) is 17.3. The average molecular weight is 348 g/mol.